The molecule has 2 aliphatic heterocycles. The van der Waals surface area contributed by atoms with Gasteiger partial charge in [-0.25, -0.2) is 8.42 Å². The van der Waals surface area contributed by atoms with Gasteiger partial charge in [0.05, 0.1) is 17.4 Å². The summed E-state index contributed by atoms with van der Waals surface area (Å²) >= 11 is 0. The molecule has 0 saturated carbocycles. The van der Waals surface area contributed by atoms with Crippen LogP contribution in [0.2, 0.25) is 0 Å². The Balaban J connectivity index is 1.64. The molecule has 2 fully saturated rings. The minimum absolute atomic E-state index is 0.0702. The van der Waals surface area contributed by atoms with Crippen molar-refractivity contribution in [3.63, 3.8) is 0 Å². The average Bonchev–Trinajstić information content (AvgIpc) is 3.05. The van der Waals surface area contributed by atoms with E-state index in [4.69, 9.17) is 0 Å². The van der Waals surface area contributed by atoms with Crippen LogP contribution in [-0.4, -0.2) is 38.3 Å². The number of carbonyl (C=O) groups excluding carboxylic acids is 2. The fraction of sp³-hybridized carbons (Fsp3) is 0.467. The maximum atomic E-state index is 12.1. The van der Waals surface area contributed by atoms with E-state index in [9.17, 15) is 18.0 Å². The highest BCUT2D eigenvalue weighted by atomic mass is 32.2. The molecule has 0 aliphatic carbocycles. The lowest BCUT2D eigenvalue weighted by Crippen LogP contribution is -2.24. The number of nitrogens with one attached hydrogen (secondary N) is 1. The zero-order valence-corrected chi connectivity index (χ0v) is 12.9. The Kier molecular flexibility index (Phi) is 3.90. The highest BCUT2D eigenvalue weighted by molar-refractivity contribution is 7.91. The maximum Gasteiger partial charge on any atom is 0.228 e. The summed E-state index contributed by atoms with van der Waals surface area (Å²) in [5.74, 6) is -0.593. The SMILES string of the molecule is O=C(Nc1ccc(N2CCCC2=O)cc1)C1CCS(=O)(=O)C1. The molecular weight excluding hydrogens is 304 g/mol. The van der Waals surface area contributed by atoms with Gasteiger partial charge in [-0.3, -0.25) is 9.59 Å². The molecule has 2 saturated heterocycles. The van der Waals surface area contributed by atoms with E-state index in [0.717, 1.165) is 18.7 Å². The number of sulfone groups is 1. The van der Waals surface area contributed by atoms with Crippen molar-refractivity contribution >= 4 is 33.0 Å². The van der Waals surface area contributed by atoms with Crippen LogP contribution in [0.4, 0.5) is 11.4 Å². The number of amides is 2. The summed E-state index contributed by atoms with van der Waals surface area (Å²) in [5, 5.41) is 2.74. The molecule has 1 atom stereocenters. The Morgan fingerprint density at radius 3 is 2.50 bits per heavy atom. The van der Waals surface area contributed by atoms with E-state index in [0.29, 0.717) is 18.5 Å². The molecule has 2 amide bonds. The first kappa shape index (κ1) is 15.0. The first-order chi connectivity index (χ1) is 10.4. The third-order valence-corrected chi connectivity index (χ3v) is 5.89. The first-order valence-corrected chi connectivity index (χ1v) is 9.18. The fourth-order valence-corrected chi connectivity index (χ4v) is 4.63. The van der Waals surface area contributed by atoms with Crippen molar-refractivity contribution < 1.29 is 18.0 Å². The molecule has 22 heavy (non-hydrogen) atoms. The fourth-order valence-electron chi connectivity index (χ4n) is 2.89. The van der Waals surface area contributed by atoms with Crippen molar-refractivity contribution in [2.75, 3.05) is 28.3 Å². The standard InChI is InChI=1S/C15H18N2O4S/c18-14-2-1-8-17(14)13-5-3-12(4-6-13)16-15(19)11-7-9-22(20,21)10-11/h3-6,11H,1-2,7-10H2,(H,16,19). The van der Waals surface area contributed by atoms with Gasteiger partial charge in [0.2, 0.25) is 11.8 Å². The lowest BCUT2D eigenvalue weighted by molar-refractivity contribution is -0.119. The summed E-state index contributed by atoms with van der Waals surface area (Å²) in [6.07, 6.45) is 1.83. The van der Waals surface area contributed by atoms with Crippen LogP contribution >= 0.6 is 0 Å². The summed E-state index contributed by atoms with van der Waals surface area (Å²) in [7, 11) is -3.06. The van der Waals surface area contributed by atoms with Crippen molar-refractivity contribution in [3.8, 4) is 0 Å². The van der Waals surface area contributed by atoms with Gasteiger partial charge in [0.1, 0.15) is 0 Å². The summed E-state index contributed by atoms with van der Waals surface area (Å²) in [4.78, 5) is 25.5. The third-order valence-electron chi connectivity index (χ3n) is 4.12. The van der Waals surface area contributed by atoms with Crippen LogP contribution in [0.25, 0.3) is 0 Å². The van der Waals surface area contributed by atoms with Gasteiger partial charge in [0.15, 0.2) is 9.84 Å². The monoisotopic (exact) mass is 322 g/mol. The van der Waals surface area contributed by atoms with E-state index in [2.05, 4.69) is 5.32 Å². The molecule has 118 valence electrons. The van der Waals surface area contributed by atoms with Gasteiger partial charge < -0.3 is 10.2 Å². The van der Waals surface area contributed by atoms with E-state index >= 15 is 0 Å². The molecule has 2 aliphatic rings. The number of hydrogen-bond acceptors (Lipinski definition) is 4. The van der Waals surface area contributed by atoms with Crippen molar-refractivity contribution in [2.45, 2.75) is 19.3 Å². The van der Waals surface area contributed by atoms with Crippen LogP contribution < -0.4 is 10.2 Å². The number of nitrogens with zero attached hydrogens (tertiary/aromatic N) is 1. The Bertz CT molecular complexity index is 697. The first-order valence-electron chi connectivity index (χ1n) is 7.36. The van der Waals surface area contributed by atoms with Crippen LogP contribution in [0, 0.1) is 5.92 Å². The number of rotatable bonds is 3. The van der Waals surface area contributed by atoms with Gasteiger partial charge in [-0.05, 0) is 37.1 Å². The van der Waals surface area contributed by atoms with E-state index in [1.54, 1.807) is 29.2 Å². The van der Waals surface area contributed by atoms with E-state index in [1.165, 1.54) is 0 Å². The van der Waals surface area contributed by atoms with Crippen LogP contribution in [0.1, 0.15) is 19.3 Å². The largest absolute Gasteiger partial charge is 0.326 e. The summed E-state index contributed by atoms with van der Waals surface area (Å²) in [5.41, 5.74) is 1.44. The molecule has 0 aromatic heterocycles. The van der Waals surface area contributed by atoms with E-state index in [-0.39, 0.29) is 23.3 Å². The van der Waals surface area contributed by atoms with Crippen LogP contribution in [0.5, 0.6) is 0 Å². The Morgan fingerprint density at radius 1 is 1.23 bits per heavy atom. The van der Waals surface area contributed by atoms with Crippen molar-refractivity contribution in [3.05, 3.63) is 24.3 Å². The van der Waals surface area contributed by atoms with Gasteiger partial charge in [-0.15, -0.1) is 0 Å². The molecule has 7 heteroatoms. The van der Waals surface area contributed by atoms with Gasteiger partial charge in [-0.2, -0.15) is 0 Å². The normalized spacial score (nSPS) is 23.7. The number of benzene rings is 1. The zero-order valence-electron chi connectivity index (χ0n) is 12.1. The molecule has 0 radical (unpaired) electrons. The van der Waals surface area contributed by atoms with Crippen LogP contribution in [-0.2, 0) is 19.4 Å². The number of hydrogen-bond donors (Lipinski definition) is 1. The Morgan fingerprint density at radius 2 is 1.95 bits per heavy atom. The topological polar surface area (TPSA) is 83.6 Å². The van der Waals surface area contributed by atoms with Crippen molar-refractivity contribution in [2.24, 2.45) is 5.92 Å². The van der Waals surface area contributed by atoms with Gasteiger partial charge >= 0.3 is 0 Å². The van der Waals surface area contributed by atoms with Crippen molar-refractivity contribution in [1.29, 1.82) is 0 Å². The number of carbonyl (C=O) groups is 2. The Labute approximate surface area is 129 Å². The van der Waals surface area contributed by atoms with Crippen molar-refractivity contribution in [1.82, 2.24) is 0 Å². The van der Waals surface area contributed by atoms with E-state index < -0.39 is 15.8 Å². The number of anilines is 2. The minimum Gasteiger partial charge on any atom is -0.326 e. The third kappa shape index (κ3) is 3.14. The predicted molar refractivity (Wildman–Crippen MR) is 83.4 cm³/mol. The Hall–Kier alpha value is -1.89. The molecular formula is C15H18N2O4S. The lowest BCUT2D eigenvalue weighted by Gasteiger charge is -2.16. The quantitative estimate of drug-likeness (QED) is 0.906. The molecule has 1 unspecified atom stereocenters. The second-order valence-corrected chi connectivity index (χ2v) is 8.01. The van der Waals surface area contributed by atoms with Gasteiger partial charge in [0.25, 0.3) is 0 Å². The molecule has 2 heterocycles. The molecule has 0 bridgehead atoms. The highest BCUT2D eigenvalue weighted by Gasteiger charge is 2.33. The molecule has 1 aromatic carbocycles. The maximum absolute atomic E-state index is 12.1. The smallest absolute Gasteiger partial charge is 0.228 e. The molecule has 0 spiro atoms. The molecule has 1 N–H and O–H groups in total. The minimum atomic E-state index is -3.06. The molecule has 3 rings (SSSR count). The second-order valence-electron chi connectivity index (χ2n) is 5.79. The summed E-state index contributed by atoms with van der Waals surface area (Å²) < 4.78 is 22.8. The highest BCUT2D eigenvalue weighted by Crippen LogP contribution is 2.24. The van der Waals surface area contributed by atoms with Crippen LogP contribution in [0.3, 0.4) is 0 Å². The second kappa shape index (κ2) is 5.72. The predicted octanol–water partition coefficient (Wildman–Crippen LogP) is 1.19. The summed E-state index contributed by atoms with van der Waals surface area (Å²) in [6, 6.07) is 7.07. The molecule has 6 nitrogen and oxygen atoms in total. The molecule has 1 aromatic rings. The lowest BCUT2D eigenvalue weighted by atomic mass is 10.1. The van der Waals surface area contributed by atoms with E-state index in [1.807, 2.05) is 0 Å². The average molecular weight is 322 g/mol. The van der Waals surface area contributed by atoms with Gasteiger partial charge in [-0.1, -0.05) is 0 Å². The summed E-state index contributed by atoms with van der Waals surface area (Å²) in [6.45, 7) is 0.727. The van der Waals surface area contributed by atoms with Gasteiger partial charge in [0, 0.05) is 24.3 Å². The zero-order chi connectivity index (χ0) is 15.7. The van der Waals surface area contributed by atoms with Crippen LogP contribution in [0.15, 0.2) is 24.3 Å².